The highest BCUT2D eigenvalue weighted by atomic mass is 16.6. The number of nitrogens with zero attached hydrogens (tertiary/aromatic N) is 1. The molecule has 1 heterocycles. The van der Waals surface area contributed by atoms with E-state index in [1.54, 1.807) is 7.11 Å². The minimum Gasteiger partial charge on any atom is -0.379 e. The van der Waals surface area contributed by atoms with Gasteiger partial charge in [-0.05, 0) is 13.0 Å². The molecule has 12 heavy (non-hydrogen) atoms. The third-order valence-corrected chi connectivity index (χ3v) is 2.00. The van der Waals surface area contributed by atoms with Crippen LogP contribution in [0.1, 0.15) is 6.42 Å². The lowest BCUT2D eigenvalue weighted by molar-refractivity contribution is 0.0339. The summed E-state index contributed by atoms with van der Waals surface area (Å²) in [6.45, 7) is 5.99. The van der Waals surface area contributed by atoms with Crippen molar-refractivity contribution < 1.29 is 9.57 Å². The fourth-order valence-electron chi connectivity index (χ4n) is 1.30. The Labute approximate surface area is 73.8 Å². The summed E-state index contributed by atoms with van der Waals surface area (Å²) in [4.78, 5) is 7.16. The maximum absolute atomic E-state index is 5.25. The highest BCUT2D eigenvalue weighted by Gasteiger charge is 2.08. The first-order chi connectivity index (χ1) is 5.93. The fraction of sp³-hybridized carbons (Fsp3) is 1.00. The molecule has 0 spiro atoms. The molecule has 1 aliphatic rings. The van der Waals surface area contributed by atoms with Gasteiger partial charge in [-0.2, -0.15) is 0 Å². The van der Waals surface area contributed by atoms with Crippen molar-refractivity contribution >= 4 is 0 Å². The predicted molar refractivity (Wildman–Crippen MR) is 46.9 cm³/mol. The van der Waals surface area contributed by atoms with Crippen LogP contribution < -0.4 is 5.48 Å². The second-order valence-corrected chi connectivity index (χ2v) is 2.91. The van der Waals surface area contributed by atoms with Gasteiger partial charge in [-0.1, -0.05) is 0 Å². The molecule has 0 amide bonds. The summed E-state index contributed by atoms with van der Waals surface area (Å²) < 4.78 is 5.25. The number of hydrogen-bond acceptors (Lipinski definition) is 4. The van der Waals surface area contributed by atoms with Gasteiger partial charge >= 0.3 is 0 Å². The van der Waals surface area contributed by atoms with E-state index in [0.29, 0.717) is 0 Å². The molecular formula is C8H18N2O2. The Morgan fingerprint density at radius 1 is 1.42 bits per heavy atom. The molecule has 1 fully saturated rings. The van der Waals surface area contributed by atoms with Crippen molar-refractivity contribution in [3.63, 3.8) is 0 Å². The van der Waals surface area contributed by atoms with Crippen molar-refractivity contribution in [3.05, 3.63) is 0 Å². The van der Waals surface area contributed by atoms with Crippen LogP contribution >= 0.6 is 0 Å². The zero-order valence-electron chi connectivity index (χ0n) is 7.71. The van der Waals surface area contributed by atoms with E-state index in [9.17, 15) is 0 Å². The van der Waals surface area contributed by atoms with Crippen LogP contribution in [0.3, 0.4) is 0 Å². The third kappa shape index (κ3) is 4.01. The van der Waals surface area contributed by atoms with Crippen molar-refractivity contribution in [1.82, 2.24) is 10.4 Å². The molecule has 0 saturated carbocycles. The minimum absolute atomic E-state index is 0.887. The van der Waals surface area contributed by atoms with Crippen molar-refractivity contribution in [3.8, 4) is 0 Å². The number of morpholine rings is 1. The Kier molecular flexibility index (Phi) is 5.27. The number of rotatable bonds is 5. The summed E-state index contributed by atoms with van der Waals surface area (Å²) in [6, 6.07) is 0. The minimum atomic E-state index is 0.887. The average molecular weight is 174 g/mol. The van der Waals surface area contributed by atoms with E-state index < -0.39 is 0 Å². The van der Waals surface area contributed by atoms with Crippen LogP contribution in [0.25, 0.3) is 0 Å². The van der Waals surface area contributed by atoms with Gasteiger partial charge in [0.25, 0.3) is 0 Å². The number of nitrogens with one attached hydrogen (secondary N) is 1. The van der Waals surface area contributed by atoms with Crippen LogP contribution in [-0.4, -0.2) is 51.4 Å². The van der Waals surface area contributed by atoms with Gasteiger partial charge in [-0.25, -0.2) is 5.48 Å². The summed E-state index contributed by atoms with van der Waals surface area (Å²) in [6.07, 6.45) is 1.13. The molecule has 0 aromatic carbocycles. The molecule has 72 valence electrons. The summed E-state index contributed by atoms with van der Waals surface area (Å²) in [5, 5.41) is 0. The molecule has 1 N–H and O–H groups in total. The maximum Gasteiger partial charge on any atom is 0.0594 e. The van der Waals surface area contributed by atoms with Gasteiger partial charge in [0.2, 0.25) is 0 Å². The first-order valence-corrected chi connectivity index (χ1v) is 4.49. The first kappa shape index (κ1) is 9.92. The van der Waals surface area contributed by atoms with Crippen molar-refractivity contribution in [1.29, 1.82) is 0 Å². The lowest BCUT2D eigenvalue weighted by Crippen LogP contribution is -2.37. The van der Waals surface area contributed by atoms with Crippen LogP contribution in [0.15, 0.2) is 0 Å². The van der Waals surface area contributed by atoms with Crippen LogP contribution in [0.5, 0.6) is 0 Å². The summed E-state index contributed by atoms with van der Waals surface area (Å²) in [5.74, 6) is 0. The monoisotopic (exact) mass is 174 g/mol. The van der Waals surface area contributed by atoms with Gasteiger partial charge in [0.05, 0.1) is 20.3 Å². The topological polar surface area (TPSA) is 33.7 Å². The molecule has 0 aromatic heterocycles. The van der Waals surface area contributed by atoms with Gasteiger partial charge in [0.15, 0.2) is 0 Å². The van der Waals surface area contributed by atoms with E-state index >= 15 is 0 Å². The van der Waals surface area contributed by atoms with Crippen LogP contribution in [0.4, 0.5) is 0 Å². The quantitative estimate of drug-likeness (QED) is 0.464. The largest absolute Gasteiger partial charge is 0.379 e. The van der Waals surface area contributed by atoms with Crippen LogP contribution in [0, 0.1) is 0 Å². The van der Waals surface area contributed by atoms with Crippen molar-refractivity contribution in [2.45, 2.75) is 6.42 Å². The van der Waals surface area contributed by atoms with Crippen molar-refractivity contribution in [2.75, 3.05) is 46.5 Å². The molecule has 0 aliphatic carbocycles. The number of hydrogen-bond donors (Lipinski definition) is 1. The lowest BCUT2D eigenvalue weighted by atomic mass is 10.3. The third-order valence-electron chi connectivity index (χ3n) is 2.00. The van der Waals surface area contributed by atoms with Crippen LogP contribution in [-0.2, 0) is 9.57 Å². The molecule has 0 aromatic rings. The molecular weight excluding hydrogens is 156 g/mol. The number of ether oxygens (including phenoxy) is 1. The first-order valence-electron chi connectivity index (χ1n) is 4.49. The Balaban J connectivity index is 1.91. The molecule has 4 heteroatoms. The Morgan fingerprint density at radius 2 is 2.17 bits per heavy atom. The summed E-state index contributed by atoms with van der Waals surface area (Å²) in [5.41, 5.74) is 2.83. The highest BCUT2D eigenvalue weighted by Crippen LogP contribution is 1.96. The van der Waals surface area contributed by atoms with E-state index in [1.807, 2.05) is 0 Å². The van der Waals surface area contributed by atoms with Crippen LogP contribution in [0.2, 0.25) is 0 Å². The van der Waals surface area contributed by atoms with E-state index in [-0.39, 0.29) is 0 Å². The van der Waals surface area contributed by atoms with E-state index in [1.165, 1.54) is 0 Å². The van der Waals surface area contributed by atoms with Gasteiger partial charge in [0, 0.05) is 19.6 Å². The summed E-state index contributed by atoms with van der Waals surface area (Å²) >= 11 is 0. The SMILES string of the molecule is CONCCCN1CCOCC1. The van der Waals surface area contributed by atoms with Crippen molar-refractivity contribution in [2.24, 2.45) is 0 Å². The van der Waals surface area contributed by atoms with E-state index in [2.05, 4.69) is 10.4 Å². The predicted octanol–water partition coefficient (Wildman–Crippen LogP) is -0.140. The summed E-state index contributed by atoms with van der Waals surface area (Å²) in [7, 11) is 1.65. The average Bonchev–Trinajstić information content (AvgIpc) is 2.14. The fourth-order valence-corrected chi connectivity index (χ4v) is 1.30. The smallest absolute Gasteiger partial charge is 0.0594 e. The zero-order chi connectivity index (χ0) is 8.65. The lowest BCUT2D eigenvalue weighted by Gasteiger charge is -2.26. The molecule has 0 atom stereocenters. The number of hydroxylamine groups is 1. The zero-order valence-corrected chi connectivity index (χ0v) is 7.71. The van der Waals surface area contributed by atoms with E-state index in [4.69, 9.17) is 9.57 Å². The van der Waals surface area contributed by atoms with Gasteiger partial charge in [-0.3, -0.25) is 4.90 Å². The Morgan fingerprint density at radius 3 is 2.83 bits per heavy atom. The highest BCUT2D eigenvalue weighted by molar-refractivity contribution is 4.61. The maximum atomic E-state index is 5.25. The molecule has 1 saturated heterocycles. The molecule has 0 unspecified atom stereocenters. The standard InChI is InChI=1S/C8H18N2O2/c1-11-9-3-2-4-10-5-7-12-8-6-10/h9H,2-8H2,1H3. The molecule has 4 nitrogen and oxygen atoms in total. The van der Waals surface area contributed by atoms with Gasteiger partial charge in [0.1, 0.15) is 0 Å². The molecule has 1 aliphatic heterocycles. The molecule has 0 bridgehead atoms. The molecule has 0 radical (unpaired) electrons. The molecule has 1 rings (SSSR count). The second kappa shape index (κ2) is 6.37. The normalized spacial score (nSPS) is 19.8. The van der Waals surface area contributed by atoms with Gasteiger partial charge in [-0.15, -0.1) is 0 Å². The van der Waals surface area contributed by atoms with Gasteiger partial charge < -0.3 is 9.57 Å². The Bertz CT molecular complexity index is 105. The second-order valence-electron chi connectivity index (χ2n) is 2.91. The Hall–Kier alpha value is -0.160. The van der Waals surface area contributed by atoms with E-state index in [0.717, 1.165) is 45.8 Å².